The van der Waals surface area contributed by atoms with Gasteiger partial charge in [-0.15, -0.1) is 0 Å². The summed E-state index contributed by atoms with van der Waals surface area (Å²) in [5.41, 5.74) is 0.650. The van der Waals surface area contributed by atoms with Crippen LogP contribution < -0.4 is 0 Å². The van der Waals surface area contributed by atoms with Gasteiger partial charge in [0, 0.05) is 6.42 Å². The smallest absolute Gasteiger partial charge is 0.323 e. The first-order valence-electron chi connectivity index (χ1n) is 6.47. The SMILES string of the molecule is COC(=O)C1(C#CCCOCc2ccccc2)CC1. The molecule has 1 aliphatic carbocycles. The fraction of sp³-hybridized carbons (Fsp3) is 0.438. The van der Waals surface area contributed by atoms with Crippen LogP contribution in [0.25, 0.3) is 0 Å². The van der Waals surface area contributed by atoms with Gasteiger partial charge in [0.2, 0.25) is 0 Å². The zero-order valence-electron chi connectivity index (χ0n) is 11.1. The number of benzene rings is 1. The summed E-state index contributed by atoms with van der Waals surface area (Å²) < 4.78 is 10.3. The molecule has 3 nitrogen and oxygen atoms in total. The highest BCUT2D eigenvalue weighted by molar-refractivity contribution is 5.83. The van der Waals surface area contributed by atoms with Crippen LogP contribution in [0.1, 0.15) is 24.8 Å². The van der Waals surface area contributed by atoms with Gasteiger partial charge >= 0.3 is 5.97 Å². The molecule has 0 N–H and O–H groups in total. The molecule has 0 radical (unpaired) electrons. The maximum absolute atomic E-state index is 11.4. The lowest BCUT2D eigenvalue weighted by Crippen LogP contribution is -2.15. The molecule has 1 aromatic carbocycles. The standard InChI is InChI=1S/C16H18O3/c1-18-15(17)16(10-11-16)9-5-6-12-19-13-14-7-3-2-4-8-14/h2-4,7-8H,6,10-13H2,1H3. The number of carbonyl (C=O) groups excluding carboxylic acids is 1. The van der Waals surface area contributed by atoms with Gasteiger partial charge in [0.25, 0.3) is 0 Å². The van der Waals surface area contributed by atoms with Crippen LogP contribution in [0, 0.1) is 17.3 Å². The Morgan fingerprint density at radius 2 is 2.05 bits per heavy atom. The van der Waals surface area contributed by atoms with Crippen LogP contribution in [0.3, 0.4) is 0 Å². The third-order valence-corrected chi connectivity index (χ3v) is 3.14. The lowest BCUT2D eigenvalue weighted by molar-refractivity contribution is -0.144. The third-order valence-electron chi connectivity index (χ3n) is 3.14. The van der Waals surface area contributed by atoms with Crippen molar-refractivity contribution >= 4 is 5.97 Å². The van der Waals surface area contributed by atoms with Crippen molar-refractivity contribution in [2.75, 3.05) is 13.7 Å². The van der Waals surface area contributed by atoms with Crippen molar-refractivity contribution in [3.8, 4) is 11.8 Å². The van der Waals surface area contributed by atoms with Crippen molar-refractivity contribution in [2.24, 2.45) is 5.41 Å². The van der Waals surface area contributed by atoms with Crippen molar-refractivity contribution in [1.82, 2.24) is 0 Å². The van der Waals surface area contributed by atoms with E-state index in [9.17, 15) is 4.79 Å². The largest absolute Gasteiger partial charge is 0.468 e. The lowest BCUT2D eigenvalue weighted by Gasteiger charge is -2.03. The molecule has 0 amide bonds. The van der Waals surface area contributed by atoms with E-state index in [-0.39, 0.29) is 5.97 Å². The second kappa shape index (κ2) is 6.40. The van der Waals surface area contributed by atoms with Gasteiger partial charge in [0.1, 0.15) is 5.41 Å². The number of hydrogen-bond donors (Lipinski definition) is 0. The molecule has 1 saturated carbocycles. The van der Waals surface area contributed by atoms with Crippen molar-refractivity contribution < 1.29 is 14.3 Å². The quantitative estimate of drug-likeness (QED) is 0.462. The summed E-state index contributed by atoms with van der Waals surface area (Å²) in [6.45, 7) is 1.18. The molecule has 0 aliphatic heterocycles. The summed E-state index contributed by atoms with van der Waals surface area (Å²) in [7, 11) is 1.41. The first-order chi connectivity index (χ1) is 9.27. The Balaban J connectivity index is 1.67. The monoisotopic (exact) mass is 258 g/mol. The van der Waals surface area contributed by atoms with Crippen molar-refractivity contribution in [1.29, 1.82) is 0 Å². The Morgan fingerprint density at radius 1 is 1.32 bits per heavy atom. The molecule has 0 heterocycles. The summed E-state index contributed by atoms with van der Waals surface area (Å²) in [6.07, 6.45) is 2.28. The minimum atomic E-state index is -0.506. The Labute approximate surface area is 113 Å². The van der Waals surface area contributed by atoms with E-state index >= 15 is 0 Å². The highest BCUT2D eigenvalue weighted by Gasteiger charge is 2.49. The van der Waals surface area contributed by atoms with E-state index in [0.717, 1.165) is 18.4 Å². The van der Waals surface area contributed by atoms with Crippen molar-refractivity contribution in [2.45, 2.75) is 25.9 Å². The average Bonchev–Trinajstić information content (AvgIpc) is 3.24. The van der Waals surface area contributed by atoms with E-state index in [1.54, 1.807) is 0 Å². The summed E-state index contributed by atoms with van der Waals surface area (Å²) in [4.78, 5) is 11.4. The zero-order valence-corrected chi connectivity index (χ0v) is 11.1. The molecular formula is C16H18O3. The predicted octanol–water partition coefficient (Wildman–Crippen LogP) is 2.55. The molecule has 2 rings (SSSR count). The highest BCUT2D eigenvalue weighted by Crippen LogP contribution is 2.45. The molecule has 1 aromatic rings. The second-order valence-electron chi connectivity index (χ2n) is 4.66. The molecule has 3 heteroatoms. The lowest BCUT2D eigenvalue weighted by atomic mass is 10.1. The molecule has 1 fully saturated rings. The summed E-state index contributed by atoms with van der Waals surface area (Å²) in [6, 6.07) is 10.0. The molecule has 0 bridgehead atoms. The maximum Gasteiger partial charge on any atom is 0.323 e. The summed E-state index contributed by atoms with van der Waals surface area (Å²) in [5.74, 6) is 5.83. The molecular weight excluding hydrogens is 240 g/mol. The Morgan fingerprint density at radius 3 is 2.68 bits per heavy atom. The van der Waals surface area contributed by atoms with Gasteiger partial charge in [0.05, 0.1) is 20.3 Å². The number of rotatable bonds is 5. The van der Waals surface area contributed by atoms with Gasteiger partial charge in [0.15, 0.2) is 0 Å². The van der Waals surface area contributed by atoms with Crippen LogP contribution in [0.5, 0.6) is 0 Å². The maximum atomic E-state index is 11.4. The van der Waals surface area contributed by atoms with E-state index in [0.29, 0.717) is 19.6 Å². The fourth-order valence-corrected chi connectivity index (χ4v) is 1.82. The molecule has 0 unspecified atom stereocenters. The summed E-state index contributed by atoms with van der Waals surface area (Å²) in [5, 5.41) is 0. The molecule has 19 heavy (non-hydrogen) atoms. The van der Waals surface area contributed by atoms with Crippen LogP contribution in [0.4, 0.5) is 0 Å². The van der Waals surface area contributed by atoms with Gasteiger partial charge < -0.3 is 9.47 Å². The molecule has 0 aromatic heterocycles. The predicted molar refractivity (Wildman–Crippen MR) is 72.2 cm³/mol. The Kier molecular flexibility index (Phi) is 4.59. The van der Waals surface area contributed by atoms with Crippen molar-refractivity contribution in [3.05, 3.63) is 35.9 Å². The molecule has 0 saturated heterocycles. The van der Waals surface area contributed by atoms with Crippen LogP contribution in [0.15, 0.2) is 30.3 Å². The fourth-order valence-electron chi connectivity index (χ4n) is 1.82. The van der Waals surface area contributed by atoms with E-state index < -0.39 is 5.41 Å². The highest BCUT2D eigenvalue weighted by atomic mass is 16.5. The van der Waals surface area contributed by atoms with E-state index in [1.807, 2.05) is 30.3 Å². The average molecular weight is 258 g/mol. The van der Waals surface area contributed by atoms with Crippen molar-refractivity contribution in [3.63, 3.8) is 0 Å². The van der Waals surface area contributed by atoms with Gasteiger partial charge in [-0.1, -0.05) is 42.2 Å². The number of carbonyl (C=O) groups is 1. The number of methoxy groups -OCH3 is 1. The molecule has 100 valence electrons. The van der Waals surface area contributed by atoms with Crippen LogP contribution in [-0.2, 0) is 20.9 Å². The number of hydrogen-bond acceptors (Lipinski definition) is 3. The first-order valence-corrected chi connectivity index (χ1v) is 6.47. The first kappa shape index (κ1) is 13.6. The molecule has 0 spiro atoms. The zero-order chi connectivity index (χ0) is 13.6. The van der Waals surface area contributed by atoms with E-state index in [2.05, 4.69) is 11.8 Å². The van der Waals surface area contributed by atoms with E-state index in [4.69, 9.17) is 9.47 Å². The second-order valence-corrected chi connectivity index (χ2v) is 4.66. The minimum Gasteiger partial charge on any atom is -0.468 e. The number of esters is 1. The van der Waals surface area contributed by atoms with Gasteiger partial charge in [-0.2, -0.15) is 0 Å². The topological polar surface area (TPSA) is 35.5 Å². The summed E-state index contributed by atoms with van der Waals surface area (Å²) >= 11 is 0. The Hall–Kier alpha value is -1.79. The molecule has 1 aliphatic rings. The minimum absolute atomic E-state index is 0.204. The van der Waals surface area contributed by atoms with Gasteiger partial charge in [-0.25, -0.2) is 0 Å². The van der Waals surface area contributed by atoms with Crippen LogP contribution >= 0.6 is 0 Å². The van der Waals surface area contributed by atoms with Gasteiger partial charge in [-0.05, 0) is 18.4 Å². The molecule has 0 atom stereocenters. The van der Waals surface area contributed by atoms with Gasteiger partial charge in [-0.3, -0.25) is 4.79 Å². The van der Waals surface area contributed by atoms with Crippen LogP contribution in [-0.4, -0.2) is 19.7 Å². The normalized spacial score (nSPS) is 15.2. The third kappa shape index (κ3) is 3.84. The van der Waals surface area contributed by atoms with E-state index in [1.165, 1.54) is 7.11 Å². The number of ether oxygens (including phenoxy) is 2. The van der Waals surface area contributed by atoms with Crippen LogP contribution in [0.2, 0.25) is 0 Å². The Bertz CT molecular complexity index is 478.